The lowest BCUT2D eigenvalue weighted by atomic mass is 10.3. The average molecular weight is 194 g/mol. The first-order valence-electron chi connectivity index (χ1n) is 3.48. The van der Waals surface area contributed by atoms with Crippen molar-refractivity contribution in [2.75, 3.05) is 20.5 Å². The highest BCUT2D eigenvalue weighted by Crippen LogP contribution is 1.95. The summed E-state index contributed by atoms with van der Waals surface area (Å²) in [4.78, 5) is 15.6. The second-order valence-electron chi connectivity index (χ2n) is 2.16. The molecular weight excluding hydrogens is 178 g/mol. The molecule has 0 aliphatic heterocycles. The summed E-state index contributed by atoms with van der Waals surface area (Å²) in [7, 11) is 3.34. The third kappa shape index (κ3) is 7.57. The third-order valence-electron chi connectivity index (χ3n) is 1.02. The number of rotatable bonds is 2. The Balaban J connectivity index is 0. The van der Waals surface area contributed by atoms with Crippen LogP contribution in [0.2, 0.25) is 0 Å². The number of hydrogen-bond donors (Lipinski definition) is 0. The number of allylic oxidation sites excluding steroid dienone is 1. The molecule has 0 aliphatic rings. The molecule has 4 heteroatoms. The fourth-order valence-electron chi connectivity index (χ4n) is 0.356. The van der Waals surface area contributed by atoms with Crippen LogP contribution >= 0.6 is 11.6 Å². The molecule has 12 heavy (non-hydrogen) atoms. The van der Waals surface area contributed by atoms with E-state index in [4.69, 9.17) is 4.84 Å². The molecule has 0 fully saturated rings. The van der Waals surface area contributed by atoms with Gasteiger partial charge in [0.25, 0.3) is 0 Å². The third-order valence-corrected chi connectivity index (χ3v) is 1.02. The Bertz CT molecular complexity index is 155. The van der Waals surface area contributed by atoms with E-state index in [2.05, 4.69) is 11.6 Å². The molecule has 0 atom stereocenters. The Kier molecular flexibility index (Phi) is 9.99. The average Bonchev–Trinajstić information content (AvgIpc) is 2.05. The Hall–Kier alpha value is -0.540. The molecule has 0 bridgehead atoms. The van der Waals surface area contributed by atoms with Crippen molar-refractivity contribution in [1.29, 1.82) is 0 Å². The topological polar surface area (TPSA) is 29.5 Å². The van der Waals surface area contributed by atoms with Gasteiger partial charge < -0.3 is 4.84 Å². The van der Waals surface area contributed by atoms with Crippen LogP contribution in [0.5, 0.6) is 0 Å². The molecule has 0 aromatic heterocycles. The summed E-state index contributed by atoms with van der Waals surface area (Å²) in [6.45, 7) is 3.51. The maximum absolute atomic E-state index is 10.9. The van der Waals surface area contributed by atoms with E-state index in [0.29, 0.717) is 5.57 Å². The minimum absolute atomic E-state index is 0.299. The molecule has 3 nitrogen and oxygen atoms in total. The second kappa shape index (κ2) is 8.56. The number of halogens is 1. The number of carbonyl (C=O) groups excluding carboxylic acids is 1. The summed E-state index contributed by atoms with van der Waals surface area (Å²) in [6.07, 6.45) is 3.19. The molecule has 0 N–H and O–H groups in total. The molecule has 0 aromatic carbocycles. The van der Waals surface area contributed by atoms with Gasteiger partial charge in [0.2, 0.25) is 0 Å². The quantitative estimate of drug-likeness (QED) is 0.381. The van der Waals surface area contributed by atoms with Crippen molar-refractivity contribution in [3.05, 3.63) is 11.6 Å². The van der Waals surface area contributed by atoms with E-state index < -0.39 is 0 Å². The van der Waals surface area contributed by atoms with Crippen LogP contribution < -0.4 is 0 Å². The fourth-order valence-corrected chi connectivity index (χ4v) is 0.356. The van der Waals surface area contributed by atoms with E-state index in [1.165, 1.54) is 11.4 Å². The molecule has 0 saturated heterocycles. The lowest BCUT2D eigenvalue weighted by Crippen LogP contribution is -2.18. The summed E-state index contributed by atoms with van der Waals surface area (Å²) in [5.41, 5.74) is 0.619. The maximum atomic E-state index is 10.9. The summed E-state index contributed by atoms with van der Waals surface area (Å²) < 4.78 is 0. The summed E-state index contributed by atoms with van der Waals surface area (Å²) >= 11 is 4.64. The minimum atomic E-state index is -0.299. The van der Waals surface area contributed by atoms with Crippen LogP contribution in [0.25, 0.3) is 0 Å². The van der Waals surface area contributed by atoms with Gasteiger partial charge in [0.05, 0.1) is 0 Å². The molecule has 0 unspecified atom stereocenters. The standard InChI is InChI=1S/C7H13NO2.CH3Cl/c1-5-6(2)7(9)10-8(3)4;1-2/h5H,1-4H3;1H3. The van der Waals surface area contributed by atoms with Gasteiger partial charge in [-0.1, -0.05) is 6.08 Å². The molecule has 0 aliphatic carbocycles. The molecule has 0 saturated carbocycles. The number of hydrogen-bond acceptors (Lipinski definition) is 3. The van der Waals surface area contributed by atoms with Gasteiger partial charge in [0, 0.05) is 26.1 Å². The fraction of sp³-hybridized carbons (Fsp3) is 0.625. The monoisotopic (exact) mass is 193 g/mol. The van der Waals surface area contributed by atoms with E-state index in [-0.39, 0.29) is 5.97 Å². The highest BCUT2D eigenvalue weighted by molar-refractivity contribution is 6.15. The molecule has 0 spiro atoms. The van der Waals surface area contributed by atoms with Gasteiger partial charge in [-0.25, -0.2) is 4.79 Å². The van der Waals surface area contributed by atoms with Gasteiger partial charge in [-0.05, 0) is 13.8 Å². The highest BCUT2D eigenvalue weighted by Gasteiger charge is 2.04. The Labute approximate surface area is 78.9 Å². The summed E-state index contributed by atoms with van der Waals surface area (Å²) in [6, 6.07) is 0. The molecule has 0 heterocycles. The number of carbonyl (C=O) groups is 1. The zero-order valence-electron chi connectivity index (χ0n) is 8.22. The van der Waals surface area contributed by atoms with Crippen LogP contribution in [0.4, 0.5) is 0 Å². The summed E-state index contributed by atoms with van der Waals surface area (Å²) in [5, 5.41) is 1.37. The van der Waals surface area contributed by atoms with Crippen LogP contribution in [-0.4, -0.2) is 31.5 Å². The van der Waals surface area contributed by atoms with Crippen molar-refractivity contribution < 1.29 is 9.63 Å². The zero-order valence-corrected chi connectivity index (χ0v) is 8.97. The van der Waals surface area contributed by atoms with Crippen molar-refractivity contribution >= 4 is 17.6 Å². The SMILES string of the molecule is CC=C(C)C(=O)ON(C)C.CCl. The van der Waals surface area contributed by atoms with Crippen molar-refractivity contribution in [1.82, 2.24) is 5.06 Å². The van der Waals surface area contributed by atoms with Gasteiger partial charge >= 0.3 is 5.97 Å². The normalized spacial score (nSPS) is 10.4. The summed E-state index contributed by atoms with van der Waals surface area (Å²) in [5.74, 6) is -0.299. The van der Waals surface area contributed by atoms with Crippen LogP contribution in [0.15, 0.2) is 11.6 Å². The van der Waals surface area contributed by atoms with Crippen molar-refractivity contribution in [2.24, 2.45) is 0 Å². The van der Waals surface area contributed by atoms with E-state index in [0.717, 1.165) is 0 Å². The van der Waals surface area contributed by atoms with Gasteiger partial charge in [-0.2, -0.15) is 0 Å². The van der Waals surface area contributed by atoms with E-state index in [1.54, 1.807) is 34.0 Å². The molecule has 0 radical (unpaired) electrons. The Morgan fingerprint density at radius 1 is 1.42 bits per heavy atom. The lowest BCUT2D eigenvalue weighted by Gasteiger charge is -2.09. The first-order chi connectivity index (χ1) is 5.57. The van der Waals surface area contributed by atoms with Gasteiger partial charge in [-0.3, -0.25) is 0 Å². The van der Waals surface area contributed by atoms with Crippen LogP contribution in [0.1, 0.15) is 13.8 Å². The maximum Gasteiger partial charge on any atom is 0.352 e. The van der Waals surface area contributed by atoms with Crippen LogP contribution in [0, 0.1) is 0 Å². The van der Waals surface area contributed by atoms with Crippen molar-refractivity contribution in [2.45, 2.75) is 13.8 Å². The van der Waals surface area contributed by atoms with E-state index >= 15 is 0 Å². The number of alkyl halides is 1. The zero-order chi connectivity index (χ0) is 10.1. The number of hydroxylamine groups is 2. The smallest absolute Gasteiger partial charge is 0.352 e. The van der Waals surface area contributed by atoms with Crippen molar-refractivity contribution in [3.63, 3.8) is 0 Å². The highest BCUT2D eigenvalue weighted by atomic mass is 35.5. The first kappa shape index (κ1) is 14.0. The molecule has 0 aromatic rings. The van der Waals surface area contributed by atoms with Gasteiger partial charge in [-0.15, -0.1) is 16.7 Å². The van der Waals surface area contributed by atoms with Gasteiger partial charge in [0.1, 0.15) is 0 Å². The molecule has 0 rings (SSSR count). The number of nitrogens with zero attached hydrogens (tertiary/aromatic N) is 1. The van der Waals surface area contributed by atoms with Crippen molar-refractivity contribution in [3.8, 4) is 0 Å². The second-order valence-corrected chi connectivity index (χ2v) is 2.16. The Morgan fingerprint density at radius 3 is 2.08 bits per heavy atom. The van der Waals surface area contributed by atoms with E-state index in [1.807, 2.05) is 0 Å². The van der Waals surface area contributed by atoms with Crippen LogP contribution in [-0.2, 0) is 9.63 Å². The predicted octanol–water partition coefficient (Wildman–Crippen LogP) is 1.83. The largest absolute Gasteiger partial charge is 0.365 e. The minimum Gasteiger partial charge on any atom is -0.365 e. The predicted molar refractivity (Wildman–Crippen MR) is 51.0 cm³/mol. The van der Waals surface area contributed by atoms with E-state index in [9.17, 15) is 4.79 Å². The van der Waals surface area contributed by atoms with Gasteiger partial charge in [0.15, 0.2) is 0 Å². The molecule has 0 amide bonds. The molecule has 72 valence electrons. The molecular formula is C8H16ClNO2. The van der Waals surface area contributed by atoms with Crippen LogP contribution in [0.3, 0.4) is 0 Å². The lowest BCUT2D eigenvalue weighted by molar-refractivity contribution is -0.172. The Morgan fingerprint density at radius 2 is 1.83 bits per heavy atom. The first-order valence-corrected chi connectivity index (χ1v) is 4.24.